The molecule has 1 aromatic carbocycles. The first-order valence-corrected chi connectivity index (χ1v) is 8.43. The number of hydrogen-bond acceptors (Lipinski definition) is 4. The Balaban J connectivity index is 1.70. The second-order valence-electron chi connectivity index (χ2n) is 6.18. The molecule has 0 radical (unpaired) electrons. The predicted molar refractivity (Wildman–Crippen MR) is 97.8 cm³/mol. The SMILES string of the molecule is COc1ccc(Cn2ncc3ncc(-c4ccc(F)c(C(F)F)c4)cc32)cn1. The molecule has 0 aliphatic carbocycles. The second-order valence-corrected chi connectivity index (χ2v) is 6.18. The first-order valence-electron chi connectivity index (χ1n) is 8.43. The lowest BCUT2D eigenvalue weighted by Crippen LogP contribution is -2.02. The minimum Gasteiger partial charge on any atom is -0.481 e. The molecule has 3 aromatic heterocycles. The Morgan fingerprint density at radius 3 is 2.57 bits per heavy atom. The van der Waals surface area contributed by atoms with E-state index in [0.29, 0.717) is 29.1 Å². The zero-order valence-electron chi connectivity index (χ0n) is 14.8. The lowest BCUT2D eigenvalue weighted by molar-refractivity contribution is 0.146. The van der Waals surface area contributed by atoms with Crippen molar-refractivity contribution < 1.29 is 17.9 Å². The Labute approximate surface area is 158 Å². The van der Waals surface area contributed by atoms with Gasteiger partial charge in [0.05, 0.1) is 30.9 Å². The third kappa shape index (κ3) is 3.40. The van der Waals surface area contributed by atoms with Crippen molar-refractivity contribution in [1.82, 2.24) is 19.7 Å². The standard InChI is InChI=1S/C20H15F3N4O/c1-28-19-5-2-12(8-25-19)11-27-18-7-14(9-24-17(18)10-26-27)13-3-4-16(21)15(6-13)20(22)23/h2-10,20H,11H2,1H3. The van der Waals surface area contributed by atoms with Crippen molar-refractivity contribution in [2.24, 2.45) is 0 Å². The van der Waals surface area contributed by atoms with Gasteiger partial charge in [-0.05, 0) is 29.3 Å². The van der Waals surface area contributed by atoms with E-state index in [-0.39, 0.29) is 0 Å². The number of methoxy groups -OCH3 is 1. The van der Waals surface area contributed by atoms with Crippen LogP contribution in [0.5, 0.6) is 5.88 Å². The molecule has 0 bridgehead atoms. The topological polar surface area (TPSA) is 52.8 Å². The van der Waals surface area contributed by atoms with E-state index in [2.05, 4.69) is 15.1 Å². The van der Waals surface area contributed by atoms with Gasteiger partial charge in [-0.1, -0.05) is 12.1 Å². The van der Waals surface area contributed by atoms with Gasteiger partial charge in [-0.2, -0.15) is 5.10 Å². The first kappa shape index (κ1) is 18.0. The molecule has 0 amide bonds. The number of hydrogen-bond donors (Lipinski definition) is 0. The quantitative estimate of drug-likeness (QED) is 0.504. The fourth-order valence-corrected chi connectivity index (χ4v) is 2.93. The molecule has 0 saturated heterocycles. The molecule has 4 rings (SSSR count). The highest BCUT2D eigenvalue weighted by Gasteiger charge is 2.15. The van der Waals surface area contributed by atoms with E-state index >= 15 is 0 Å². The molecule has 0 unspecified atom stereocenters. The molecule has 0 N–H and O–H groups in total. The molecule has 0 saturated carbocycles. The molecule has 0 aliphatic rings. The zero-order chi connectivity index (χ0) is 19.7. The summed E-state index contributed by atoms with van der Waals surface area (Å²) in [6, 6.07) is 9.09. The largest absolute Gasteiger partial charge is 0.481 e. The maximum Gasteiger partial charge on any atom is 0.266 e. The van der Waals surface area contributed by atoms with E-state index < -0.39 is 17.8 Å². The van der Waals surface area contributed by atoms with Gasteiger partial charge in [0.1, 0.15) is 11.3 Å². The van der Waals surface area contributed by atoms with Crippen molar-refractivity contribution in [1.29, 1.82) is 0 Å². The molecule has 4 aromatic rings. The third-order valence-corrected chi connectivity index (χ3v) is 4.40. The average Bonchev–Trinajstić information content (AvgIpc) is 3.11. The van der Waals surface area contributed by atoms with Crippen molar-refractivity contribution in [3.63, 3.8) is 0 Å². The van der Waals surface area contributed by atoms with Crippen LogP contribution in [0.3, 0.4) is 0 Å². The predicted octanol–water partition coefficient (Wildman–Crippen LogP) is 4.63. The van der Waals surface area contributed by atoms with Crippen molar-refractivity contribution in [3.05, 3.63) is 71.9 Å². The highest BCUT2D eigenvalue weighted by Crippen LogP contribution is 2.29. The van der Waals surface area contributed by atoms with Crippen LogP contribution in [0.1, 0.15) is 17.6 Å². The Morgan fingerprint density at radius 1 is 1.00 bits per heavy atom. The molecule has 5 nitrogen and oxygen atoms in total. The molecule has 8 heteroatoms. The normalized spacial score (nSPS) is 11.3. The van der Waals surface area contributed by atoms with E-state index in [1.165, 1.54) is 6.07 Å². The third-order valence-electron chi connectivity index (χ3n) is 4.40. The Bertz CT molecular complexity index is 1130. The summed E-state index contributed by atoms with van der Waals surface area (Å²) in [5, 5.41) is 4.34. The summed E-state index contributed by atoms with van der Waals surface area (Å²) in [4.78, 5) is 8.52. The number of alkyl halides is 2. The van der Waals surface area contributed by atoms with Crippen LogP contribution in [0, 0.1) is 5.82 Å². The van der Waals surface area contributed by atoms with Crippen LogP contribution >= 0.6 is 0 Å². The van der Waals surface area contributed by atoms with Gasteiger partial charge in [-0.15, -0.1) is 0 Å². The molecule has 28 heavy (non-hydrogen) atoms. The second kappa shape index (κ2) is 7.30. The minimum absolute atomic E-state index is 0.456. The zero-order valence-corrected chi connectivity index (χ0v) is 14.8. The van der Waals surface area contributed by atoms with Gasteiger partial charge in [0, 0.05) is 24.0 Å². The van der Waals surface area contributed by atoms with Crippen molar-refractivity contribution in [2.75, 3.05) is 7.11 Å². The van der Waals surface area contributed by atoms with Crippen LogP contribution in [-0.2, 0) is 6.54 Å². The highest BCUT2D eigenvalue weighted by molar-refractivity contribution is 5.80. The minimum atomic E-state index is -2.88. The van der Waals surface area contributed by atoms with Gasteiger partial charge in [0.2, 0.25) is 5.88 Å². The van der Waals surface area contributed by atoms with Crippen molar-refractivity contribution in [3.8, 4) is 17.0 Å². The highest BCUT2D eigenvalue weighted by atomic mass is 19.3. The summed E-state index contributed by atoms with van der Waals surface area (Å²) in [5.74, 6) is -0.408. The van der Waals surface area contributed by atoms with Gasteiger partial charge in [-0.3, -0.25) is 9.67 Å². The van der Waals surface area contributed by atoms with Gasteiger partial charge >= 0.3 is 0 Å². The Morgan fingerprint density at radius 2 is 1.86 bits per heavy atom. The molecule has 0 fully saturated rings. The molecule has 0 aliphatic heterocycles. The monoisotopic (exact) mass is 384 g/mol. The van der Waals surface area contributed by atoms with Crippen molar-refractivity contribution in [2.45, 2.75) is 13.0 Å². The fourth-order valence-electron chi connectivity index (χ4n) is 2.93. The van der Waals surface area contributed by atoms with E-state index in [0.717, 1.165) is 23.2 Å². The summed E-state index contributed by atoms with van der Waals surface area (Å²) in [5.41, 5.74) is 2.75. The van der Waals surface area contributed by atoms with E-state index in [4.69, 9.17) is 4.74 Å². The van der Waals surface area contributed by atoms with Gasteiger partial charge in [-0.25, -0.2) is 18.2 Å². The van der Waals surface area contributed by atoms with Gasteiger partial charge in [0.25, 0.3) is 6.43 Å². The summed E-state index contributed by atoms with van der Waals surface area (Å²) in [7, 11) is 1.55. The van der Waals surface area contributed by atoms with Crippen LogP contribution < -0.4 is 4.74 Å². The van der Waals surface area contributed by atoms with Crippen molar-refractivity contribution >= 4 is 11.0 Å². The summed E-state index contributed by atoms with van der Waals surface area (Å²) < 4.78 is 46.4. The number of fused-ring (bicyclic) bond motifs is 1. The number of rotatable bonds is 5. The number of halogens is 3. The Kier molecular flexibility index (Phi) is 4.68. The van der Waals surface area contributed by atoms with E-state index in [9.17, 15) is 13.2 Å². The Hall–Kier alpha value is -3.42. The van der Waals surface area contributed by atoms with Crippen LogP contribution in [0.4, 0.5) is 13.2 Å². The molecule has 0 atom stereocenters. The van der Waals surface area contributed by atoms with Crippen LogP contribution in [-0.4, -0.2) is 26.9 Å². The van der Waals surface area contributed by atoms with Crippen LogP contribution in [0.15, 0.2) is 55.0 Å². The lowest BCUT2D eigenvalue weighted by Gasteiger charge is -2.08. The number of pyridine rings is 2. The van der Waals surface area contributed by atoms with Crippen LogP contribution in [0.2, 0.25) is 0 Å². The van der Waals surface area contributed by atoms with E-state index in [1.807, 2.05) is 6.07 Å². The fraction of sp³-hybridized carbons (Fsp3) is 0.150. The summed E-state index contributed by atoms with van der Waals surface area (Å²) >= 11 is 0. The number of benzene rings is 1. The molecule has 0 spiro atoms. The molecule has 3 heterocycles. The smallest absolute Gasteiger partial charge is 0.266 e. The number of ether oxygens (including phenoxy) is 1. The summed E-state index contributed by atoms with van der Waals surface area (Å²) in [6.45, 7) is 0.456. The number of nitrogens with zero attached hydrogens (tertiary/aromatic N) is 4. The lowest BCUT2D eigenvalue weighted by atomic mass is 10.0. The average molecular weight is 384 g/mol. The summed E-state index contributed by atoms with van der Waals surface area (Å²) in [6.07, 6.45) is 2.00. The van der Waals surface area contributed by atoms with Gasteiger partial charge in [0.15, 0.2) is 0 Å². The maximum absolute atomic E-state index is 13.6. The van der Waals surface area contributed by atoms with E-state index in [1.54, 1.807) is 42.5 Å². The first-order chi connectivity index (χ1) is 13.5. The molecule has 142 valence electrons. The maximum atomic E-state index is 13.6. The molecular weight excluding hydrogens is 369 g/mol. The number of aromatic nitrogens is 4. The van der Waals surface area contributed by atoms with Crippen LogP contribution in [0.25, 0.3) is 22.2 Å². The van der Waals surface area contributed by atoms with Gasteiger partial charge < -0.3 is 4.74 Å². The molecular formula is C20H15F3N4O.